The van der Waals surface area contributed by atoms with Gasteiger partial charge in [-0.15, -0.1) is 0 Å². The van der Waals surface area contributed by atoms with Crippen LogP contribution < -0.4 is 4.74 Å². The summed E-state index contributed by atoms with van der Waals surface area (Å²) in [5, 5.41) is 1.05. The molecule has 1 aromatic heterocycles. The van der Waals surface area contributed by atoms with Crippen molar-refractivity contribution in [2.24, 2.45) is 0 Å². The van der Waals surface area contributed by atoms with E-state index in [-0.39, 0.29) is 11.3 Å². The minimum Gasteiger partial charge on any atom is -0.423 e. The molecule has 0 amide bonds. The molecule has 0 atom stereocenters. The molecule has 4 nitrogen and oxygen atoms in total. The van der Waals surface area contributed by atoms with Crippen LogP contribution in [0.15, 0.2) is 73.1 Å². The highest BCUT2D eigenvalue weighted by Crippen LogP contribution is 2.32. The van der Waals surface area contributed by atoms with Crippen molar-refractivity contribution in [2.45, 2.75) is 0 Å². The van der Waals surface area contributed by atoms with Gasteiger partial charge in [0, 0.05) is 10.9 Å². The minimum absolute atomic E-state index is 0.197. The Morgan fingerprint density at radius 2 is 1.78 bits per heavy atom. The van der Waals surface area contributed by atoms with Gasteiger partial charge >= 0.3 is 5.97 Å². The molecule has 1 heterocycles. The topological polar surface area (TPSA) is 52.1 Å². The zero-order valence-corrected chi connectivity index (χ0v) is 14.7. The Morgan fingerprint density at radius 3 is 2.59 bits per heavy atom. The largest absolute Gasteiger partial charge is 0.423 e. The number of ether oxygens (including phenoxy) is 1. The van der Waals surface area contributed by atoms with Crippen molar-refractivity contribution >= 4 is 28.5 Å². The Kier molecular flexibility index (Phi) is 4.52. The molecular weight excluding hydrogens is 367 g/mol. The van der Waals surface area contributed by atoms with Gasteiger partial charge < -0.3 is 4.74 Å². The molecule has 0 aliphatic heterocycles. The molecule has 0 bridgehead atoms. The monoisotopic (exact) mass is 378 g/mol. The molecule has 27 heavy (non-hydrogen) atoms. The molecule has 4 rings (SSSR count). The number of benzene rings is 3. The van der Waals surface area contributed by atoms with Crippen LogP contribution in [-0.4, -0.2) is 15.9 Å². The lowest BCUT2D eigenvalue weighted by molar-refractivity contribution is 0.0734. The lowest BCUT2D eigenvalue weighted by Gasteiger charge is -2.10. The number of rotatable bonds is 3. The molecule has 0 aliphatic carbocycles. The molecule has 0 spiro atoms. The second-order valence-electron chi connectivity index (χ2n) is 5.76. The van der Waals surface area contributed by atoms with E-state index in [1.54, 1.807) is 48.5 Å². The summed E-state index contributed by atoms with van der Waals surface area (Å²) in [6, 6.07) is 17.9. The van der Waals surface area contributed by atoms with Crippen LogP contribution in [0.3, 0.4) is 0 Å². The van der Waals surface area contributed by atoms with Gasteiger partial charge in [-0.3, -0.25) is 0 Å². The molecule has 3 aromatic carbocycles. The number of hydrogen-bond donors (Lipinski definition) is 0. The summed E-state index contributed by atoms with van der Waals surface area (Å²) < 4.78 is 19.9. The third-order valence-electron chi connectivity index (χ3n) is 4.03. The maximum atomic E-state index is 14.5. The third kappa shape index (κ3) is 3.37. The average molecular weight is 379 g/mol. The second kappa shape index (κ2) is 7.13. The van der Waals surface area contributed by atoms with Gasteiger partial charge in [-0.05, 0) is 36.4 Å². The Bertz CT molecular complexity index is 1150. The van der Waals surface area contributed by atoms with Crippen molar-refractivity contribution in [2.75, 3.05) is 0 Å². The Hall–Kier alpha value is -3.31. The molecular formula is C21H12ClFN2O2. The van der Waals surface area contributed by atoms with Gasteiger partial charge in [-0.1, -0.05) is 41.9 Å². The molecule has 0 unspecified atom stereocenters. The number of nitrogens with zero attached hydrogens (tertiary/aromatic N) is 2. The maximum absolute atomic E-state index is 14.5. The number of carbonyl (C=O) groups excluding carboxylic acids is 1. The number of para-hydroxylation sites is 1. The first-order chi connectivity index (χ1) is 13.1. The fourth-order valence-corrected chi connectivity index (χ4v) is 2.98. The van der Waals surface area contributed by atoms with E-state index < -0.39 is 11.8 Å². The van der Waals surface area contributed by atoms with E-state index in [0.29, 0.717) is 27.2 Å². The summed E-state index contributed by atoms with van der Waals surface area (Å²) >= 11 is 6.17. The molecule has 132 valence electrons. The van der Waals surface area contributed by atoms with E-state index in [0.717, 1.165) is 0 Å². The van der Waals surface area contributed by atoms with Crippen LogP contribution in [0.5, 0.6) is 5.75 Å². The summed E-state index contributed by atoms with van der Waals surface area (Å²) in [7, 11) is 0. The minimum atomic E-state index is -0.524. The van der Waals surface area contributed by atoms with E-state index in [1.807, 2.05) is 0 Å². The summed E-state index contributed by atoms with van der Waals surface area (Å²) in [6.07, 6.45) is 1.33. The summed E-state index contributed by atoms with van der Waals surface area (Å²) in [4.78, 5) is 20.6. The molecule has 0 fully saturated rings. The van der Waals surface area contributed by atoms with E-state index >= 15 is 0 Å². The van der Waals surface area contributed by atoms with E-state index in [9.17, 15) is 9.18 Å². The number of aromatic nitrogens is 2. The zero-order valence-electron chi connectivity index (χ0n) is 13.9. The SMILES string of the molecule is O=C(Oc1ccc(F)c(-c2ncnc3c(Cl)cccc23)c1)c1ccccc1. The van der Waals surface area contributed by atoms with Gasteiger partial charge in [0.2, 0.25) is 0 Å². The van der Waals surface area contributed by atoms with Crippen molar-refractivity contribution in [3.05, 3.63) is 89.5 Å². The quantitative estimate of drug-likeness (QED) is 0.358. The van der Waals surface area contributed by atoms with Gasteiger partial charge in [-0.25, -0.2) is 19.2 Å². The van der Waals surface area contributed by atoms with Crippen LogP contribution in [0.1, 0.15) is 10.4 Å². The van der Waals surface area contributed by atoms with Gasteiger partial charge in [0.05, 0.1) is 21.8 Å². The van der Waals surface area contributed by atoms with Crippen LogP contribution >= 0.6 is 11.6 Å². The summed E-state index contributed by atoms with van der Waals surface area (Å²) in [5.41, 5.74) is 1.50. The Morgan fingerprint density at radius 1 is 0.963 bits per heavy atom. The predicted molar refractivity (Wildman–Crippen MR) is 101 cm³/mol. The second-order valence-corrected chi connectivity index (χ2v) is 6.16. The van der Waals surface area contributed by atoms with E-state index in [2.05, 4.69) is 9.97 Å². The lowest BCUT2D eigenvalue weighted by Crippen LogP contribution is -2.08. The van der Waals surface area contributed by atoms with Gasteiger partial charge in [0.25, 0.3) is 0 Å². The Balaban J connectivity index is 1.76. The van der Waals surface area contributed by atoms with Crippen molar-refractivity contribution in [1.82, 2.24) is 9.97 Å². The molecule has 6 heteroatoms. The first-order valence-corrected chi connectivity index (χ1v) is 8.47. The lowest BCUT2D eigenvalue weighted by atomic mass is 10.1. The molecule has 0 saturated heterocycles. The van der Waals surface area contributed by atoms with Gasteiger partial charge in [-0.2, -0.15) is 0 Å². The number of fused-ring (bicyclic) bond motifs is 1. The van der Waals surface area contributed by atoms with Crippen molar-refractivity contribution < 1.29 is 13.9 Å². The van der Waals surface area contributed by atoms with Crippen LogP contribution in [-0.2, 0) is 0 Å². The first kappa shape index (κ1) is 17.1. The highest BCUT2D eigenvalue weighted by molar-refractivity contribution is 6.35. The average Bonchev–Trinajstić information content (AvgIpc) is 2.70. The van der Waals surface area contributed by atoms with Crippen molar-refractivity contribution in [1.29, 1.82) is 0 Å². The summed E-state index contributed by atoms with van der Waals surface area (Å²) in [6.45, 7) is 0. The van der Waals surface area contributed by atoms with E-state index in [1.165, 1.54) is 24.5 Å². The highest BCUT2D eigenvalue weighted by atomic mass is 35.5. The predicted octanol–water partition coefficient (Wildman–Crippen LogP) is 5.31. The molecule has 0 N–H and O–H groups in total. The molecule has 0 radical (unpaired) electrons. The van der Waals surface area contributed by atoms with Crippen LogP contribution in [0.25, 0.3) is 22.2 Å². The number of esters is 1. The van der Waals surface area contributed by atoms with Crippen molar-refractivity contribution in [3.63, 3.8) is 0 Å². The molecule has 4 aromatic rings. The summed E-state index contributed by atoms with van der Waals surface area (Å²) in [5.74, 6) is -0.799. The smallest absolute Gasteiger partial charge is 0.343 e. The standard InChI is InChI=1S/C21H12ClFN2O2/c22-17-8-4-7-15-19(24-12-25-20(15)17)16-11-14(9-10-18(16)23)27-21(26)13-5-2-1-3-6-13/h1-12H. The van der Waals surface area contributed by atoms with Crippen LogP contribution in [0.2, 0.25) is 5.02 Å². The first-order valence-electron chi connectivity index (χ1n) is 8.10. The van der Waals surface area contributed by atoms with Gasteiger partial charge in [0.1, 0.15) is 17.9 Å². The van der Waals surface area contributed by atoms with Crippen molar-refractivity contribution in [3.8, 4) is 17.0 Å². The zero-order chi connectivity index (χ0) is 18.8. The normalized spacial score (nSPS) is 10.7. The maximum Gasteiger partial charge on any atom is 0.343 e. The van der Waals surface area contributed by atoms with Crippen LogP contribution in [0, 0.1) is 5.82 Å². The third-order valence-corrected chi connectivity index (χ3v) is 4.33. The molecule has 0 aliphatic rings. The van der Waals surface area contributed by atoms with Gasteiger partial charge in [0.15, 0.2) is 0 Å². The fourth-order valence-electron chi connectivity index (χ4n) is 2.76. The number of hydrogen-bond acceptors (Lipinski definition) is 4. The van der Waals surface area contributed by atoms with Crippen LogP contribution in [0.4, 0.5) is 4.39 Å². The number of halogens is 2. The van der Waals surface area contributed by atoms with E-state index in [4.69, 9.17) is 16.3 Å². The molecule has 0 saturated carbocycles. The Labute approximate surface area is 159 Å². The number of carbonyl (C=O) groups is 1. The fraction of sp³-hybridized carbons (Fsp3) is 0. The highest BCUT2D eigenvalue weighted by Gasteiger charge is 2.15.